The normalized spacial score (nSPS) is 12.7. The standard InChI is InChI=1S/C26H23N3O3/c1-28-16-21(14-27-28)19-12-10-18(11-13-19)15-29-17-20-6-5-9-24(25(20)26(29)30)32-23-8-4-3-7-22(23)31-2/h3-14,16H,15,17H2,1-2H3. The fourth-order valence-corrected chi connectivity index (χ4v) is 4.01. The van der Waals surface area contributed by atoms with Crippen molar-refractivity contribution in [2.75, 3.05) is 7.11 Å². The molecular weight excluding hydrogens is 402 g/mol. The van der Waals surface area contributed by atoms with E-state index in [1.54, 1.807) is 11.8 Å². The lowest BCUT2D eigenvalue weighted by molar-refractivity contribution is 0.0765. The van der Waals surface area contributed by atoms with Crippen LogP contribution in [0.2, 0.25) is 0 Å². The second-order valence-corrected chi connectivity index (χ2v) is 7.80. The first kappa shape index (κ1) is 19.9. The Balaban J connectivity index is 1.35. The number of amides is 1. The predicted molar refractivity (Wildman–Crippen MR) is 122 cm³/mol. The van der Waals surface area contributed by atoms with Crippen LogP contribution in [0, 0.1) is 0 Å². The van der Waals surface area contributed by atoms with E-state index >= 15 is 0 Å². The van der Waals surface area contributed by atoms with E-state index in [1.807, 2.05) is 66.8 Å². The fraction of sp³-hybridized carbons (Fsp3) is 0.154. The number of hydrogen-bond donors (Lipinski definition) is 0. The fourth-order valence-electron chi connectivity index (χ4n) is 4.01. The van der Waals surface area contributed by atoms with Gasteiger partial charge < -0.3 is 14.4 Å². The molecule has 5 rings (SSSR count). The molecule has 1 aliphatic heterocycles. The highest BCUT2D eigenvalue weighted by atomic mass is 16.5. The van der Waals surface area contributed by atoms with Gasteiger partial charge >= 0.3 is 0 Å². The summed E-state index contributed by atoms with van der Waals surface area (Å²) in [6.07, 6.45) is 3.83. The highest BCUT2D eigenvalue weighted by Gasteiger charge is 2.31. The van der Waals surface area contributed by atoms with Crippen molar-refractivity contribution in [3.8, 4) is 28.4 Å². The summed E-state index contributed by atoms with van der Waals surface area (Å²) in [5.41, 5.74) is 4.83. The third-order valence-electron chi connectivity index (χ3n) is 5.63. The van der Waals surface area contributed by atoms with Crippen molar-refractivity contribution in [1.82, 2.24) is 14.7 Å². The van der Waals surface area contributed by atoms with Gasteiger partial charge in [-0.1, -0.05) is 48.5 Å². The van der Waals surface area contributed by atoms with E-state index in [1.165, 1.54) is 0 Å². The summed E-state index contributed by atoms with van der Waals surface area (Å²) in [4.78, 5) is 15.1. The van der Waals surface area contributed by atoms with Crippen molar-refractivity contribution < 1.29 is 14.3 Å². The van der Waals surface area contributed by atoms with Crippen LogP contribution in [0.25, 0.3) is 11.1 Å². The molecule has 4 aromatic rings. The number of aromatic nitrogens is 2. The van der Waals surface area contributed by atoms with Crippen LogP contribution in [0.3, 0.4) is 0 Å². The van der Waals surface area contributed by atoms with Gasteiger partial charge in [0, 0.05) is 31.9 Å². The van der Waals surface area contributed by atoms with Gasteiger partial charge in [-0.2, -0.15) is 5.10 Å². The van der Waals surface area contributed by atoms with Crippen LogP contribution in [-0.4, -0.2) is 27.7 Å². The summed E-state index contributed by atoms with van der Waals surface area (Å²) in [5, 5.41) is 4.22. The van der Waals surface area contributed by atoms with Crippen molar-refractivity contribution in [3.05, 3.63) is 95.8 Å². The Morgan fingerprint density at radius 3 is 2.38 bits per heavy atom. The Hall–Kier alpha value is -4.06. The second kappa shape index (κ2) is 8.23. The topological polar surface area (TPSA) is 56.6 Å². The molecule has 0 saturated heterocycles. The average molecular weight is 425 g/mol. The van der Waals surface area contributed by atoms with Crippen LogP contribution in [0.5, 0.6) is 17.2 Å². The smallest absolute Gasteiger partial charge is 0.258 e. The zero-order chi connectivity index (χ0) is 22.1. The molecule has 0 aliphatic carbocycles. The number of hydrogen-bond acceptors (Lipinski definition) is 4. The van der Waals surface area contributed by atoms with E-state index in [0.29, 0.717) is 35.9 Å². The van der Waals surface area contributed by atoms with E-state index in [2.05, 4.69) is 29.4 Å². The zero-order valence-electron chi connectivity index (χ0n) is 18.0. The van der Waals surface area contributed by atoms with Gasteiger partial charge in [0.25, 0.3) is 5.91 Å². The monoisotopic (exact) mass is 425 g/mol. The largest absolute Gasteiger partial charge is 0.493 e. The first-order chi connectivity index (χ1) is 15.6. The van der Waals surface area contributed by atoms with E-state index < -0.39 is 0 Å². The molecule has 2 heterocycles. The number of rotatable bonds is 6. The molecule has 3 aromatic carbocycles. The maximum absolute atomic E-state index is 13.3. The molecule has 0 bridgehead atoms. The second-order valence-electron chi connectivity index (χ2n) is 7.80. The van der Waals surface area contributed by atoms with Gasteiger partial charge in [0.2, 0.25) is 0 Å². The van der Waals surface area contributed by atoms with Crippen molar-refractivity contribution in [1.29, 1.82) is 0 Å². The van der Waals surface area contributed by atoms with Gasteiger partial charge in [0.15, 0.2) is 11.5 Å². The van der Waals surface area contributed by atoms with Crippen LogP contribution < -0.4 is 9.47 Å². The molecule has 0 spiro atoms. The molecule has 160 valence electrons. The summed E-state index contributed by atoms with van der Waals surface area (Å²) < 4.78 is 13.3. The lowest BCUT2D eigenvalue weighted by atomic mass is 10.1. The first-order valence-corrected chi connectivity index (χ1v) is 10.4. The minimum Gasteiger partial charge on any atom is -0.493 e. The maximum atomic E-state index is 13.3. The van der Waals surface area contributed by atoms with Gasteiger partial charge in [-0.25, -0.2) is 0 Å². The van der Waals surface area contributed by atoms with Crippen LogP contribution in [0.15, 0.2) is 79.1 Å². The molecule has 0 radical (unpaired) electrons. The first-order valence-electron chi connectivity index (χ1n) is 10.4. The third kappa shape index (κ3) is 3.71. The number of aryl methyl sites for hydroxylation is 1. The summed E-state index contributed by atoms with van der Waals surface area (Å²) in [5.74, 6) is 1.73. The number of fused-ring (bicyclic) bond motifs is 1. The molecule has 6 nitrogen and oxygen atoms in total. The lowest BCUT2D eigenvalue weighted by Gasteiger charge is -2.16. The van der Waals surface area contributed by atoms with Crippen molar-refractivity contribution >= 4 is 5.91 Å². The Morgan fingerprint density at radius 2 is 1.66 bits per heavy atom. The molecular formula is C26H23N3O3. The molecule has 6 heteroatoms. The summed E-state index contributed by atoms with van der Waals surface area (Å²) in [6.45, 7) is 1.09. The Morgan fingerprint density at radius 1 is 0.906 bits per heavy atom. The molecule has 1 amide bonds. The Labute approximate surface area is 186 Å². The number of benzene rings is 3. The number of carbonyl (C=O) groups is 1. The Kier molecular flexibility index (Phi) is 5.11. The summed E-state index contributed by atoms with van der Waals surface area (Å²) >= 11 is 0. The van der Waals surface area contributed by atoms with Crippen molar-refractivity contribution in [2.45, 2.75) is 13.1 Å². The molecule has 1 aliphatic rings. The van der Waals surface area contributed by atoms with Gasteiger partial charge in [-0.3, -0.25) is 9.48 Å². The number of ether oxygens (including phenoxy) is 2. The minimum absolute atomic E-state index is 0.0261. The average Bonchev–Trinajstić information content (AvgIpc) is 3.38. The quantitative estimate of drug-likeness (QED) is 0.434. The molecule has 0 unspecified atom stereocenters. The Bertz CT molecular complexity index is 1280. The third-order valence-corrected chi connectivity index (χ3v) is 5.63. The summed E-state index contributed by atoms with van der Waals surface area (Å²) in [7, 11) is 3.50. The molecule has 1 aromatic heterocycles. The van der Waals surface area contributed by atoms with E-state index in [4.69, 9.17) is 9.47 Å². The van der Waals surface area contributed by atoms with Gasteiger partial charge in [-0.15, -0.1) is 0 Å². The lowest BCUT2D eigenvalue weighted by Crippen LogP contribution is -2.23. The predicted octanol–water partition coefficient (Wildman–Crippen LogP) is 5.04. The van der Waals surface area contributed by atoms with E-state index in [9.17, 15) is 4.79 Å². The van der Waals surface area contributed by atoms with Crippen LogP contribution in [0.1, 0.15) is 21.5 Å². The molecule has 0 N–H and O–H groups in total. The maximum Gasteiger partial charge on any atom is 0.258 e. The van der Waals surface area contributed by atoms with Crippen LogP contribution >= 0.6 is 0 Å². The van der Waals surface area contributed by atoms with Crippen molar-refractivity contribution in [3.63, 3.8) is 0 Å². The zero-order valence-corrected chi connectivity index (χ0v) is 18.0. The number of methoxy groups -OCH3 is 1. The summed E-state index contributed by atoms with van der Waals surface area (Å²) in [6, 6.07) is 21.4. The van der Waals surface area contributed by atoms with Crippen LogP contribution in [0.4, 0.5) is 0 Å². The highest BCUT2D eigenvalue weighted by molar-refractivity contribution is 6.01. The molecule has 0 saturated carbocycles. The van der Waals surface area contributed by atoms with E-state index in [-0.39, 0.29) is 5.91 Å². The van der Waals surface area contributed by atoms with Crippen LogP contribution in [-0.2, 0) is 20.1 Å². The number of para-hydroxylation sites is 2. The minimum atomic E-state index is -0.0261. The van der Waals surface area contributed by atoms with Gasteiger partial charge in [-0.05, 0) is 34.9 Å². The van der Waals surface area contributed by atoms with Gasteiger partial charge in [0.1, 0.15) is 5.75 Å². The number of carbonyl (C=O) groups excluding carboxylic acids is 1. The number of nitrogens with zero attached hydrogens (tertiary/aromatic N) is 3. The molecule has 32 heavy (non-hydrogen) atoms. The highest BCUT2D eigenvalue weighted by Crippen LogP contribution is 2.37. The van der Waals surface area contributed by atoms with E-state index in [0.717, 1.165) is 22.3 Å². The molecule has 0 fully saturated rings. The SMILES string of the molecule is COc1ccccc1Oc1cccc2c1C(=O)N(Cc1ccc(-c3cnn(C)c3)cc1)C2. The molecule has 0 atom stereocenters. The van der Waals surface area contributed by atoms with Gasteiger partial charge in [0.05, 0.1) is 18.9 Å². The van der Waals surface area contributed by atoms with Crippen molar-refractivity contribution in [2.24, 2.45) is 7.05 Å².